The molecule has 0 saturated carbocycles. The number of pyridine rings is 1. The fourth-order valence-corrected chi connectivity index (χ4v) is 3.97. The van der Waals surface area contributed by atoms with Gasteiger partial charge in [0.05, 0.1) is 16.9 Å². The van der Waals surface area contributed by atoms with Gasteiger partial charge in [0.15, 0.2) is 0 Å². The van der Waals surface area contributed by atoms with Crippen LogP contribution < -0.4 is 4.90 Å². The third kappa shape index (κ3) is 4.92. The van der Waals surface area contributed by atoms with Gasteiger partial charge in [-0.05, 0) is 35.9 Å². The van der Waals surface area contributed by atoms with Crippen LogP contribution in [0.5, 0.6) is 0 Å². The number of benzene rings is 2. The molecule has 1 unspecified atom stereocenters. The molecule has 0 bridgehead atoms. The highest BCUT2D eigenvalue weighted by atomic mass is 19.4. The summed E-state index contributed by atoms with van der Waals surface area (Å²) in [5, 5.41) is 10.8. The molecule has 3 aromatic rings. The second-order valence-electron chi connectivity index (χ2n) is 7.79. The first-order valence-corrected chi connectivity index (χ1v) is 10.3. The number of para-hydroxylation sites is 1. The minimum atomic E-state index is -4.35. The van der Waals surface area contributed by atoms with Gasteiger partial charge in [-0.3, -0.25) is 9.88 Å². The number of aromatic nitrogens is 1. The summed E-state index contributed by atoms with van der Waals surface area (Å²) in [7, 11) is 0. The predicted octanol–water partition coefficient (Wildman–Crippen LogP) is 4.64. The van der Waals surface area contributed by atoms with Crippen LogP contribution in [0, 0.1) is 5.82 Å². The number of hydrogen-bond donors (Lipinski definition) is 1. The van der Waals surface area contributed by atoms with Crippen molar-refractivity contribution in [2.24, 2.45) is 0 Å². The number of piperazine rings is 1. The number of aliphatic hydroxyl groups is 1. The molecule has 8 heteroatoms. The van der Waals surface area contributed by atoms with Gasteiger partial charge in [0.2, 0.25) is 0 Å². The first-order valence-electron chi connectivity index (χ1n) is 10.3. The van der Waals surface area contributed by atoms with E-state index in [1.165, 1.54) is 18.2 Å². The van der Waals surface area contributed by atoms with Crippen LogP contribution in [0.2, 0.25) is 0 Å². The first-order chi connectivity index (χ1) is 15.3. The number of aliphatic hydroxyl groups excluding tert-OH is 1. The van der Waals surface area contributed by atoms with Crippen molar-refractivity contribution in [2.45, 2.75) is 18.8 Å². The molecule has 1 saturated heterocycles. The van der Waals surface area contributed by atoms with Crippen molar-refractivity contribution in [2.75, 3.05) is 31.1 Å². The third-order valence-corrected chi connectivity index (χ3v) is 5.66. The minimum Gasteiger partial charge on any atom is -0.382 e. The molecule has 4 nitrogen and oxygen atoms in total. The highest BCUT2D eigenvalue weighted by Gasteiger charge is 2.30. The van der Waals surface area contributed by atoms with Crippen LogP contribution in [0.25, 0.3) is 0 Å². The second-order valence-corrected chi connectivity index (χ2v) is 7.79. The Bertz CT molecular complexity index is 1030. The fraction of sp³-hybridized carbons (Fsp3) is 0.292. The summed E-state index contributed by atoms with van der Waals surface area (Å²) >= 11 is 0. The van der Waals surface area contributed by atoms with Gasteiger partial charge in [-0.25, -0.2) is 4.39 Å². The molecule has 32 heavy (non-hydrogen) atoms. The van der Waals surface area contributed by atoms with Crippen LogP contribution in [0.4, 0.5) is 23.2 Å². The largest absolute Gasteiger partial charge is 0.416 e. The van der Waals surface area contributed by atoms with E-state index in [-0.39, 0.29) is 0 Å². The van der Waals surface area contributed by atoms with E-state index in [1.54, 1.807) is 36.5 Å². The van der Waals surface area contributed by atoms with Crippen LogP contribution >= 0.6 is 0 Å². The zero-order valence-corrected chi connectivity index (χ0v) is 17.3. The molecule has 4 rings (SSSR count). The fourth-order valence-electron chi connectivity index (χ4n) is 3.97. The standard InChI is InChI=1S/C24H23F4N3O/c25-20-5-3-4-19(23(32)21-6-1-2-11-29-21)22(20)31-14-12-30(13-15-31)16-17-7-9-18(10-8-17)24(26,27)28/h1-11,23,32H,12-16H2. The van der Waals surface area contributed by atoms with Crippen LogP contribution in [0.1, 0.15) is 28.5 Å². The summed E-state index contributed by atoms with van der Waals surface area (Å²) in [5.41, 5.74) is 1.40. The van der Waals surface area contributed by atoms with Gasteiger partial charge in [-0.1, -0.05) is 30.3 Å². The van der Waals surface area contributed by atoms with Gasteiger partial charge in [0, 0.05) is 44.5 Å². The van der Waals surface area contributed by atoms with E-state index in [9.17, 15) is 22.7 Å². The van der Waals surface area contributed by atoms with Crippen molar-refractivity contribution in [3.8, 4) is 0 Å². The Labute approximate surface area is 183 Å². The van der Waals surface area contributed by atoms with E-state index in [0.717, 1.165) is 17.7 Å². The predicted molar refractivity (Wildman–Crippen MR) is 114 cm³/mol. The lowest BCUT2D eigenvalue weighted by atomic mass is 10.0. The molecule has 1 fully saturated rings. The Morgan fingerprint density at radius 3 is 2.25 bits per heavy atom. The zero-order chi connectivity index (χ0) is 22.7. The zero-order valence-electron chi connectivity index (χ0n) is 17.3. The van der Waals surface area contributed by atoms with Gasteiger partial charge >= 0.3 is 6.18 Å². The van der Waals surface area contributed by atoms with Gasteiger partial charge in [0.1, 0.15) is 11.9 Å². The second kappa shape index (κ2) is 9.26. The maximum Gasteiger partial charge on any atom is 0.416 e. The van der Waals surface area contributed by atoms with Crippen LogP contribution in [-0.4, -0.2) is 41.2 Å². The van der Waals surface area contributed by atoms with Crippen molar-refractivity contribution in [3.05, 3.63) is 95.1 Å². The summed E-state index contributed by atoms with van der Waals surface area (Å²) in [6.07, 6.45) is -3.81. The molecule has 0 amide bonds. The minimum absolute atomic E-state index is 0.361. The number of anilines is 1. The lowest BCUT2D eigenvalue weighted by Gasteiger charge is -2.37. The first kappa shape index (κ1) is 22.2. The molecule has 0 radical (unpaired) electrons. The van der Waals surface area contributed by atoms with Crippen LogP contribution in [-0.2, 0) is 12.7 Å². The normalized spacial score (nSPS) is 16.2. The molecule has 1 N–H and O–H groups in total. The Hall–Kier alpha value is -2.97. The lowest BCUT2D eigenvalue weighted by Crippen LogP contribution is -2.46. The van der Waals surface area contributed by atoms with Gasteiger partial charge < -0.3 is 10.0 Å². The smallest absolute Gasteiger partial charge is 0.382 e. The van der Waals surface area contributed by atoms with Gasteiger partial charge in [0.25, 0.3) is 0 Å². The molecular weight excluding hydrogens is 422 g/mol. The third-order valence-electron chi connectivity index (χ3n) is 5.66. The summed E-state index contributed by atoms with van der Waals surface area (Å²) in [6, 6.07) is 15.0. The highest BCUT2D eigenvalue weighted by molar-refractivity contribution is 5.57. The molecule has 168 valence electrons. The van der Waals surface area contributed by atoms with Gasteiger partial charge in [-0.15, -0.1) is 0 Å². The molecule has 1 aliphatic heterocycles. The maximum atomic E-state index is 14.8. The van der Waals surface area contributed by atoms with Gasteiger partial charge in [-0.2, -0.15) is 13.2 Å². The Morgan fingerprint density at radius 1 is 0.906 bits per heavy atom. The van der Waals surface area contributed by atoms with E-state index in [0.29, 0.717) is 49.7 Å². The SMILES string of the molecule is OC(c1ccccn1)c1cccc(F)c1N1CCN(Cc2ccc(C(F)(F)F)cc2)CC1. The summed E-state index contributed by atoms with van der Waals surface area (Å²) < 4.78 is 53.0. The van der Waals surface area contributed by atoms with E-state index in [2.05, 4.69) is 9.88 Å². The number of nitrogens with zero attached hydrogens (tertiary/aromatic N) is 3. The van der Waals surface area contributed by atoms with E-state index >= 15 is 0 Å². The molecule has 1 atom stereocenters. The van der Waals surface area contributed by atoms with E-state index < -0.39 is 23.7 Å². The molecule has 0 spiro atoms. The average molecular weight is 445 g/mol. The molecular formula is C24H23F4N3O. The highest BCUT2D eigenvalue weighted by Crippen LogP contribution is 2.33. The molecule has 2 aromatic carbocycles. The van der Waals surface area contributed by atoms with Crippen LogP contribution in [0.15, 0.2) is 66.9 Å². The average Bonchev–Trinajstić information content (AvgIpc) is 2.79. The molecule has 0 aliphatic carbocycles. The molecule has 1 aliphatic rings. The van der Waals surface area contributed by atoms with E-state index in [4.69, 9.17) is 0 Å². The van der Waals surface area contributed by atoms with Crippen molar-refractivity contribution in [1.82, 2.24) is 9.88 Å². The van der Waals surface area contributed by atoms with Crippen LogP contribution in [0.3, 0.4) is 0 Å². The van der Waals surface area contributed by atoms with Crippen molar-refractivity contribution in [3.63, 3.8) is 0 Å². The monoisotopic (exact) mass is 445 g/mol. The molecule has 2 heterocycles. The molecule has 1 aromatic heterocycles. The van der Waals surface area contributed by atoms with Crippen molar-refractivity contribution in [1.29, 1.82) is 0 Å². The Balaban J connectivity index is 1.44. The topological polar surface area (TPSA) is 39.6 Å². The summed E-state index contributed by atoms with van der Waals surface area (Å²) in [4.78, 5) is 8.20. The lowest BCUT2D eigenvalue weighted by molar-refractivity contribution is -0.137. The number of hydrogen-bond acceptors (Lipinski definition) is 4. The Morgan fingerprint density at radius 2 is 1.62 bits per heavy atom. The van der Waals surface area contributed by atoms with Crippen molar-refractivity contribution < 1.29 is 22.7 Å². The summed E-state index contributed by atoms with van der Waals surface area (Å²) in [5.74, 6) is -0.409. The van der Waals surface area contributed by atoms with Crippen molar-refractivity contribution >= 4 is 5.69 Å². The Kier molecular flexibility index (Phi) is 6.43. The summed E-state index contributed by atoms with van der Waals surface area (Å²) in [6.45, 7) is 2.82. The maximum absolute atomic E-state index is 14.8. The number of rotatable bonds is 5. The number of alkyl halides is 3. The number of halogens is 4. The van der Waals surface area contributed by atoms with E-state index in [1.807, 2.05) is 4.90 Å². The quantitative estimate of drug-likeness (QED) is 0.581.